The van der Waals surface area contributed by atoms with Gasteiger partial charge >= 0.3 is 0 Å². The standard InChI is InChI=1S/C9H14BrN3O2/c1-13-6-7(10)8(12-13)9(14)11-4-3-5-15-2/h6H,3-5H2,1-2H3,(H,11,14). The molecule has 1 N–H and O–H groups in total. The molecule has 0 saturated carbocycles. The number of halogens is 1. The third-order valence-corrected chi connectivity index (χ3v) is 2.39. The van der Waals surface area contributed by atoms with Gasteiger partial charge in [-0.05, 0) is 22.4 Å². The average Bonchev–Trinajstić information content (AvgIpc) is 2.52. The summed E-state index contributed by atoms with van der Waals surface area (Å²) in [5.41, 5.74) is 0.412. The summed E-state index contributed by atoms with van der Waals surface area (Å²) in [6.45, 7) is 1.24. The van der Waals surface area contributed by atoms with E-state index in [9.17, 15) is 4.79 Å². The first-order chi connectivity index (χ1) is 7.15. The van der Waals surface area contributed by atoms with Crippen LogP contribution in [0, 0.1) is 0 Å². The molecule has 0 saturated heterocycles. The maximum Gasteiger partial charge on any atom is 0.272 e. The Morgan fingerprint density at radius 2 is 2.47 bits per heavy atom. The van der Waals surface area contributed by atoms with Gasteiger partial charge in [-0.1, -0.05) is 0 Å². The molecule has 0 aliphatic heterocycles. The zero-order valence-corrected chi connectivity index (χ0v) is 10.4. The van der Waals surface area contributed by atoms with Crippen molar-refractivity contribution in [2.45, 2.75) is 6.42 Å². The first kappa shape index (κ1) is 12.2. The van der Waals surface area contributed by atoms with Gasteiger partial charge in [0.25, 0.3) is 5.91 Å². The Morgan fingerprint density at radius 3 is 3.00 bits per heavy atom. The van der Waals surface area contributed by atoms with Gasteiger partial charge in [0.2, 0.25) is 0 Å². The molecule has 1 heterocycles. The highest BCUT2D eigenvalue weighted by atomic mass is 79.9. The monoisotopic (exact) mass is 275 g/mol. The lowest BCUT2D eigenvalue weighted by atomic mass is 10.4. The van der Waals surface area contributed by atoms with Crippen molar-refractivity contribution in [2.75, 3.05) is 20.3 Å². The third kappa shape index (κ3) is 3.64. The highest BCUT2D eigenvalue weighted by Crippen LogP contribution is 2.13. The minimum absolute atomic E-state index is 0.168. The van der Waals surface area contributed by atoms with Crippen LogP contribution in [-0.2, 0) is 11.8 Å². The van der Waals surface area contributed by atoms with Crippen molar-refractivity contribution < 1.29 is 9.53 Å². The second-order valence-corrected chi connectivity index (χ2v) is 3.96. The molecule has 15 heavy (non-hydrogen) atoms. The summed E-state index contributed by atoms with van der Waals surface area (Å²) in [5, 5.41) is 6.80. The Kier molecular flexibility index (Phi) is 4.77. The van der Waals surface area contributed by atoms with E-state index < -0.39 is 0 Å². The predicted molar refractivity (Wildman–Crippen MR) is 59.7 cm³/mol. The molecule has 1 amide bonds. The number of carbonyl (C=O) groups excluding carboxylic acids is 1. The van der Waals surface area contributed by atoms with Crippen LogP contribution in [0.4, 0.5) is 0 Å². The van der Waals surface area contributed by atoms with Crippen LogP contribution in [0.5, 0.6) is 0 Å². The molecule has 84 valence electrons. The van der Waals surface area contributed by atoms with E-state index in [1.54, 1.807) is 25.0 Å². The maximum atomic E-state index is 11.6. The van der Waals surface area contributed by atoms with E-state index in [1.807, 2.05) is 0 Å². The number of hydrogen-bond donors (Lipinski definition) is 1. The molecular formula is C9H14BrN3O2. The van der Waals surface area contributed by atoms with Crippen LogP contribution in [0.3, 0.4) is 0 Å². The van der Waals surface area contributed by atoms with E-state index >= 15 is 0 Å². The van der Waals surface area contributed by atoms with Crippen molar-refractivity contribution >= 4 is 21.8 Å². The van der Waals surface area contributed by atoms with Gasteiger partial charge in [0.1, 0.15) is 0 Å². The summed E-state index contributed by atoms with van der Waals surface area (Å²) in [6, 6.07) is 0. The van der Waals surface area contributed by atoms with Crippen LogP contribution < -0.4 is 5.32 Å². The lowest BCUT2D eigenvalue weighted by molar-refractivity contribution is 0.0942. The molecule has 0 aliphatic carbocycles. The summed E-state index contributed by atoms with van der Waals surface area (Å²) >= 11 is 3.27. The fourth-order valence-corrected chi connectivity index (χ4v) is 1.67. The predicted octanol–water partition coefficient (Wildman–Crippen LogP) is 0.949. The highest BCUT2D eigenvalue weighted by Gasteiger charge is 2.13. The number of rotatable bonds is 5. The van der Waals surface area contributed by atoms with Crippen LogP contribution in [0.1, 0.15) is 16.9 Å². The number of nitrogens with zero attached hydrogens (tertiary/aromatic N) is 2. The van der Waals surface area contributed by atoms with Crippen LogP contribution in [0.25, 0.3) is 0 Å². The smallest absolute Gasteiger partial charge is 0.272 e. The molecule has 0 fully saturated rings. The molecule has 0 aliphatic rings. The number of hydrogen-bond acceptors (Lipinski definition) is 3. The Balaban J connectivity index is 2.43. The summed E-state index contributed by atoms with van der Waals surface area (Å²) in [4.78, 5) is 11.6. The zero-order chi connectivity index (χ0) is 11.3. The average molecular weight is 276 g/mol. The molecule has 6 heteroatoms. The maximum absolute atomic E-state index is 11.6. The second kappa shape index (κ2) is 5.87. The fourth-order valence-electron chi connectivity index (χ4n) is 1.12. The van der Waals surface area contributed by atoms with Gasteiger partial charge in [-0.2, -0.15) is 5.10 Å². The molecule has 0 unspecified atom stereocenters. The topological polar surface area (TPSA) is 56.1 Å². The minimum Gasteiger partial charge on any atom is -0.385 e. The van der Waals surface area contributed by atoms with E-state index in [2.05, 4.69) is 26.3 Å². The van der Waals surface area contributed by atoms with E-state index in [-0.39, 0.29) is 5.91 Å². The number of methoxy groups -OCH3 is 1. The number of amides is 1. The number of ether oxygens (including phenoxy) is 1. The molecule has 0 spiro atoms. The Hall–Kier alpha value is -0.880. The van der Waals surface area contributed by atoms with E-state index in [1.165, 1.54) is 0 Å². The molecule has 0 bridgehead atoms. The van der Waals surface area contributed by atoms with Gasteiger partial charge in [0.15, 0.2) is 5.69 Å². The Labute approximate surface area is 96.9 Å². The molecule has 0 radical (unpaired) electrons. The molecule has 0 aromatic carbocycles. The number of carbonyl (C=O) groups is 1. The van der Waals surface area contributed by atoms with Crippen LogP contribution >= 0.6 is 15.9 Å². The molecule has 1 aromatic heterocycles. The minimum atomic E-state index is -0.168. The molecule has 1 aromatic rings. The quantitative estimate of drug-likeness (QED) is 0.815. The third-order valence-electron chi connectivity index (χ3n) is 1.81. The van der Waals surface area contributed by atoms with Gasteiger partial charge in [-0.25, -0.2) is 0 Å². The summed E-state index contributed by atoms with van der Waals surface area (Å²) in [6.07, 6.45) is 2.54. The van der Waals surface area contributed by atoms with Gasteiger partial charge in [0, 0.05) is 33.5 Å². The second-order valence-electron chi connectivity index (χ2n) is 3.10. The van der Waals surface area contributed by atoms with Crippen molar-refractivity contribution in [3.8, 4) is 0 Å². The molecule has 5 nitrogen and oxygen atoms in total. The van der Waals surface area contributed by atoms with E-state index in [4.69, 9.17) is 4.74 Å². The van der Waals surface area contributed by atoms with Gasteiger partial charge < -0.3 is 10.1 Å². The normalized spacial score (nSPS) is 10.3. The largest absolute Gasteiger partial charge is 0.385 e. The van der Waals surface area contributed by atoms with E-state index in [0.29, 0.717) is 23.3 Å². The summed E-state index contributed by atoms with van der Waals surface area (Å²) in [7, 11) is 3.41. The van der Waals surface area contributed by atoms with Crippen LogP contribution in [0.15, 0.2) is 10.7 Å². The summed E-state index contributed by atoms with van der Waals surface area (Å²) in [5.74, 6) is -0.168. The summed E-state index contributed by atoms with van der Waals surface area (Å²) < 4.78 is 7.17. The Morgan fingerprint density at radius 1 is 1.73 bits per heavy atom. The Bertz CT molecular complexity index is 338. The van der Waals surface area contributed by atoms with Crippen molar-refractivity contribution in [3.05, 3.63) is 16.4 Å². The fraction of sp³-hybridized carbons (Fsp3) is 0.556. The first-order valence-corrected chi connectivity index (χ1v) is 5.40. The van der Waals surface area contributed by atoms with Crippen molar-refractivity contribution in [1.82, 2.24) is 15.1 Å². The molecular weight excluding hydrogens is 262 g/mol. The highest BCUT2D eigenvalue weighted by molar-refractivity contribution is 9.10. The van der Waals surface area contributed by atoms with E-state index in [0.717, 1.165) is 6.42 Å². The lowest BCUT2D eigenvalue weighted by Crippen LogP contribution is -2.26. The van der Waals surface area contributed by atoms with Gasteiger partial charge in [0.05, 0.1) is 4.47 Å². The van der Waals surface area contributed by atoms with Crippen molar-refractivity contribution in [1.29, 1.82) is 0 Å². The van der Waals surface area contributed by atoms with Gasteiger partial charge in [-0.3, -0.25) is 9.48 Å². The van der Waals surface area contributed by atoms with Crippen molar-refractivity contribution in [2.24, 2.45) is 7.05 Å². The van der Waals surface area contributed by atoms with Gasteiger partial charge in [-0.15, -0.1) is 0 Å². The first-order valence-electron chi connectivity index (χ1n) is 4.61. The number of aryl methyl sites for hydroxylation is 1. The number of aromatic nitrogens is 2. The number of nitrogens with one attached hydrogen (secondary N) is 1. The van der Waals surface area contributed by atoms with Crippen molar-refractivity contribution in [3.63, 3.8) is 0 Å². The SMILES string of the molecule is COCCCNC(=O)c1nn(C)cc1Br. The lowest BCUT2D eigenvalue weighted by Gasteiger charge is -2.02. The van der Waals surface area contributed by atoms with Crippen LogP contribution in [-0.4, -0.2) is 35.9 Å². The molecule has 1 rings (SSSR count). The zero-order valence-electron chi connectivity index (χ0n) is 8.79. The molecule has 0 atom stereocenters. The van der Waals surface area contributed by atoms with Crippen LogP contribution in [0.2, 0.25) is 0 Å².